The lowest BCUT2D eigenvalue weighted by Crippen LogP contribution is -2.06. The summed E-state index contributed by atoms with van der Waals surface area (Å²) in [6.45, 7) is 6.24. The summed E-state index contributed by atoms with van der Waals surface area (Å²) in [6, 6.07) is 6.14. The van der Waals surface area contributed by atoms with Gasteiger partial charge in [-0.2, -0.15) is 4.98 Å². The van der Waals surface area contributed by atoms with Crippen LogP contribution in [0.25, 0.3) is 11.0 Å². The summed E-state index contributed by atoms with van der Waals surface area (Å²) in [5.74, 6) is 1.99. The molecule has 3 aromatic rings. The maximum absolute atomic E-state index is 6.24. The molecule has 2 aromatic heterocycles. The average molecular weight is 291 g/mol. The Balaban J connectivity index is 2.15. The highest BCUT2D eigenvalue weighted by molar-refractivity contribution is 6.20. The van der Waals surface area contributed by atoms with Gasteiger partial charge >= 0.3 is 0 Å². The zero-order valence-electron chi connectivity index (χ0n) is 11.6. The minimum Gasteiger partial charge on any atom is -0.337 e. The minimum atomic E-state index is -0.188. The summed E-state index contributed by atoms with van der Waals surface area (Å²) in [5.41, 5.74) is 3.13. The third-order valence-corrected chi connectivity index (χ3v) is 3.35. The van der Waals surface area contributed by atoms with Gasteiger partial charge in [0.15, 0.2) is 5.82 Å². The van der Waals surface area contributed by atoms with Gasteiger partial charge in [0.05, 0.1) is 16.4 Å². The standard InChI is InChI=1S/C14H15ClN4O/c1-8-4-5-11-12(6-8)19(14(17-11)9(2)15)7-13-16-10(3)18-20-13/h4-6,9H,7H2,1-3H3. The molecule has 1 atom stereocenters. The van der Waals surface area contributed by atoms with E-state index in [1.165, 1.54) is 5.56 Å². The third kappa shape index (κ3) is 2.29. The molecule has 0 saturated heterocycles. The van der Waals surface area contributed by atoms with Crippen LogP contribution in [0.1, 0.15) is 35.4 Å². The van der Waals surface area contributed by atoms with Crippen molar-refractivity contribution in [2.45, 2.75) is 32.7 Å². The summed E-state index contributed by atoms with van der Waals surface area (Å²) in [6.07, 6.45) is 0. The van der Waals surface area contributed by atoms with Gasteiger partial charge < -0.3 is 9.09 Å². The number of fused-ring (bicyclic) bond motifs is 1. The van der Waals surface area contributed by atoms with Gasteiger partial charge in [0, 0.05) is 0 Å². The van der Waals surface area contributed by atoms with Crippen molar-refractivity contribution in [2.24, 2.45) is 0 Å². The van der Waals surface area contributed by atoms with E-state index in [0.717, 1.165) is 16.9 Å². The second kappa shape index (κ2) is 4.90. The fraction of sp³-hybridized carbons (Fsp3) is 0.357. The smallest absolute Gasteiger partial charge is 0.246 e. The lowest BCUT2D eigenvalue weighted by Gasteiger charge is -2.08. The van der Waals surface area contributed by atoms with Crippen molar-refractivity contribution < 1.29 is 4.52 Å². The van der Waals surface area contributed by atoms with Crippen molar-refractivity contribution in [3.8, 4) is 0 Å². The van der Waals surface area contributed by atoms with E-state index >= 15 is 0 Å². The summed E-state index contributed by atoms with van der Waals surface area (Å²) >= 11 is 6.24. The van der Waals surface area contributed by atoms with Crippen LogP contribution in [0.3, 0.4) is 0 Å². The van der Waals surface area contributed by atoms with Crippen LogP contribution in [-0.4, -0.2) is 19.7 Å². The summed E-state index contributed by atoms with van der Waals surface area (Å²) in [4.78, 5) is 8.84. The lowest BCUT2D eigenvalue weighted by molar-refractivity contribution is 0.367. The molecular weight excluding hydrogens is 276 g/mol. The molecule has 0 N–H and O–H groups in total. The van der Waals surface area contributed by atoms with Crippen molar-refractivity contribution in [3.63, 3.8) is 0 Å². The molecule has 5 nitrogen and oxygen atoms in total. The Morgan fingerprint density at radius 3 is 2.75 bits per heavy atom. The monoisotopic (exact) mass is 290 g/mol. The molecule has 0 aliphatic rings. The predicted octanol–water partition coefficient (Wildman–Crippen LogP) is 3.38. The molecule has 0 aliphatic heterocycles. The normalized spacial score (nSPS) is 13.0. The maximum Gasteiger partial charge on any atom is 0.246 e. The minimum absolute atomic E-state index is 0.188. The molecule has 0 fully saturated rings. The molecule has 2 heterocycles. The quantitative estimate of drug-likeness (QED) is 0.694. The fourth-order valence-corrected chi connectivity index (χ4v) is 2.43. The molecule has 0 aliphatic carbocycles. The van der Waals surface area contributed by atoms with Crippen molar-refractivity contribution in [1.29, 1.82) is 0 Å². The number of hydrogen-bond donors (Lipinski definition) is 0. The molecule has 0 amide bonds. The van der Waals surface area contributed by atoms with Crippen LogP contribution in [-0.2, 0) is 6.54 Å². The molecule has 20 heavy (non-hydrogen) atoms. The Morgan fingerprint density at radius 1 is 1.30 bits per heavy atom. The van der Waals surface area contributed by atoms with Gasteiger partial charge in [-0.05, 0) is 38.5 Å². The van der Waals surface area contributed by atoms with Crippen molar-refractivity contribution in [1.82, 2.24) is 19.7 Å². The molecule has 3 rings (SSSR count). The highest BCUT2D eigenvalue weighted by Crippen LogP contribution is 2.26. The van der Waals surface area contributed by atoms with E-state index in [0.29, 0.717) is 18.3 Å². The van der Waals surface area contributed by atoms with Crippen LogP contribution in [0.15, 0.2) is 22.7 Å². The molecule has 1 aromatic carbocycles. The van der Waals surface area contributed by atoms with Gasteiger partial charge in [-0.1, -0.05) is 11.2 Å². The first kappa shape index (κ1) is 13.1. The van der Waals surface area contributed by atoms with Gasteiger partial charge in [-0.15, -0.1) is 11.6 Å². The molecular formula is C14H15ClN4O. The summed E-state index contributed by atoms with van der Waals surface area (Å²) in [7, 11) is 0. The average Bonchev–Trinajstić information content (AvgIpc) is 2.95. The van der Waals surface area contributed by atoms with Crippen LogP contribution in [0, 0.1) is 13.8 Å². The summed E-state index contributed by atoms with van der Waals surface area (Å²) < 4.78 is 7.23. The molecule has 1 unspecified atom stereocenters. The van der Waals surface area contributed by atoms with Gasteiger partial charge in [-0.3, -0.25) is 0 Å². The number of hydrogen-bond acceptors (Lipinski definition) is 4. The molecule has 0 bridgehead atoms. The Morgan fingerprint density at radius 2 is 2.10 bits per heavy atom. The van der Waals surface area contributed by atoms with E-state index in [4.69, 9.17) is 16.1 Å². The number of aryl methyl sites for hydroxylation is 2. The number of halogens is 1. The van der Waals surface area contributed by atoms with Crippen LogP contribution in [0.2, 0.25) is 0 Å². The second-order valence-electron chi connectivity index (χ2n) is 4.90. The Bertz CT molecular complexity index is 760. The van der Waals surface area contributed by atoms with Crippen LogP contribution >= 0.6 is 11.6 Å². The maximum atomic E-state index is 6.24. The van der Waals surface area contributed by atoms with Gasteiger partial charge in [0.25, 0.3) is 0 Å². The SMILES string of the molecule is Cc1ccc2nc(C(C)Cl)n(Cc3nc(C)no3)c2c1. The molecule has 104 valence electrons. The fourth-order valence-electron chi connectivity index (χ4n) is 2.26. The van der Waals surface area contributed by atoms with Crippen LogP contribution < -0.4 is 0 Å². The first-order chi connectivity index (χ1) is 9.54. The lowest BCUT2D eigenvalue weighted by atomic mass is 10.2. The van der Waals surface area contributed by atoms with Crippen LogP contribution in [0.5, 0.6) is 0 Å². The van der Waals surface area contributed by atoms with Gasteiger partial charge in [0.1, 0.15) is 12.4 Å². The summed E-state index contributed by atoms with van der Waals surface area (Å²) in [5, 5.41) is 3.63. The largest absolute Gasteiger partial charge is 0.337 e. The molecule has 0 saturated carbocycles. The number of aromatic nitrogens is 4. The first-order valence-corrected chi connectivity index (χ1v) is 6.88. The van der Waals surface area contributed by atoms with Gasteiger partial charge in [0.2, 0.25) is 5.89 Å². The van der Waals surface area contributed by atoms with E-state index in [2.05, 4.69) is 28.1 Å². The third-order valence-electron chi connectivity index (χ3n) is 3.15. The Hall–Kier alpha value is -1.88. The number of benzene rings is 1. The van der Waals surface area contributed by atoms with Crippen LogP contribution in [0.4, 0.5) is 0 Å². The molecule has 6 heteroatoms. The Kier molecular flexibility index (Phi) is 3.22. The zero-order chi connectivity index (χ0) is 14.3. The Labute approximate surface area is 121 Å². The van der Waals surface area contributed by atoms with E-state index < -0.39 is 0 Å². The highest BCUT2D eigenvalue weighted by atomic mass is 35.5. The number of imidazole rings is 1. The van der Waals surface area contributed by atoms with Crippen molar-refractivity contribution in [3.05, 3.63) is 41.3 Å². The number of alkyl halides is 1. The number of rotatable bonds is 3. The predicted molar refractivity (Wildman–Crippen MR) is 76.9 cm³/mol. The van der Waals surface area contributed by atoms with E-state index in [1.807, 2.05) is 23.6 Å². The second-order valence-corrected chi connectivity index (χ2v) is 5.55. The zero-order valence-corrected chi connectivity index (χ0v) is 12.3. The number of nitrogens with zero attached hydrogens (tertiary/aromatic N) is 4. The van der Waals surface area contributed by atoms with Crippen molar-refractivity contribution >= 4 is 22.6 Å². The van der Waals surface area contributed by atoms with Gasteiger partial charge in [-0.25, -0.2) is 4.98 Å². The first-order valence-electron chi connectivity index (χ1n) is 6.44. The molecule has 0 radical (unpaired) electrons. The van der Waals surface area contributed by atoms with E-state index in [9.17, 15) is 0 Å². The van der Waals surface area contributed by atoms with E-state index in [-0.39, 0.29) is 5.38 Å². The van der Waals surface area contributed by atoms with E-state index in [1.54, 1.807) is 6.92 Å². The highest BCUT2D eigenvalue weighted by Gasteiger charge is 2.17. The molecule has 0 spiro atoms. The van der Waals surface area contributed by atoms with Crippen molar-refractivity contribution in [2.75, 3.05) is 0 Å². The topological polar surface area (TPSA) is 56.7 Å².